The van der Waals surface area contributed by atoms with E-state index in [1.165, 1.54) is 32.1 Å². The quantitative estimate of drug-likeness (QED) is 0.163. The number of aliphatic hydroxyl groups excluding tert-OH is 1. The van der Waals surface area contributed by atoms with Crippen molar-refractivity contribution in [3.05, 3.63) is 60.6 Å². The third-order valence-electron chi connectivity index (χ3n) is 10.2. The maximum atomic E-state index is 17.3. The summed E-state index contributed by atoms with van der Waals surface area (Å²) in [6, 6.07) is 2.93. The van der Waals surface area contributed by atoms with Crippen molar-refractivity contribution in [3.63, 3.8) is 0 Å². The van der Waals surface area contributed by atoms with Crippen LogP contribution < -0.4 is 0 Å². The second-order valence-electron chi connectivity index (χ2n) is 12.2. The molecule has 44 heavy (non-hydrogen) atoms. The van der Waals surface area contributed by atoms with Crippen molar-refractivity contribution in [1.82, 2.24) is 0 Å². The number of alkyl halides is 3. The zero-order valence-corrected chi connectivity index (χ0v) is 27.3. The number of rotatable bonds is 6. The number of nitro groups is 1. The predicted molar refractivity (Wildman–Crippen MR) is 158 cm³/mol. The van der Waals surface area contributed by atoms with Crippen LogP contribution in [0.15, 0.2) is 44.9 Å². The summed E-state index contributed by atoms with van der Waals surface area (Å²) < 4.78 is 43.2. The van der Waals surface area contributed by atoms with Gasteiger partial charge in [-0.25, -0.2) is 13.6 Å². The van der Waals surface area contributed by atoms with Crippen LogP contribution in [0.1, 0.15) is 38.7 Å². The van der Waals surface area contributed by atoms with Crippen molar-refractivity contribution in [3.8, 4) is 0 Å². The molecule has 4 aliphatic rings. The lowest BCUT2D eigenvalue weighted by molar-refractivity contribution is -0.386. The lowest BCUT2D eigenvalue weighted by Crippen LogP contribution is -2.70. The van der Waals surface area contributed by atoms with Crippen LogP contribution in [0.5, 0.6) is 0 Å². The van der Waals surface area contributed by atoms with Gasteiger partial charge in [-0.2, -0.15) is 0 Å². The molecule has 238 valence electrons. The second kappa shape index (κ2) is 11.2. The summed E-state index contributed by atoms with van der Waals surface area (Å²) in [6.07, 6.45) is -2.30. The van der Waals surface area contributed by atoms with Gasteiger partial charge < -0.3 is 19.7 Å². The number of Topliss-reactive ketones (excluding diaryl/α,β-unsaturated/α-hetero) is 1. The van der Waals surface area contributed by atoms with Crippen LogP contribution in [0.2, 0.25) is 0 Å². The maximum absolute atomic E-state index is 17.3. The van der Waals surface area contributed by atoms with Gasteiger partial charge >= 0.3 is 6.16 Å². The molecule has 3 fully saturated rings. The minimum Gasteiger partial charge on any atom is -0.429 e. The van der Waals surface area contributed by atoms with Crippen molar-refractivity contribution < 1.29 is 47.8 Å². The van der Waals surface area contributed by atoms with Gasteiger partial charge in [0.05, 0.1) is 26.4 Å². The number of fused-ring (bicyclic) bond motifs is 5. The van der Waals surface area contributed by atoms with E-state index in [1.54, 1.807) is 0 Å². The van der Waals surface area contributed by atoms with Crippen LogP contribution in [-0.2, 0) is 25.7 Å². The van der Waals surface area contributed by atoms with E-state index in [0.29, 0.717) is 0 Å². The second-order valence-corrected chi connectivity index (χ2v) is 14.4. The van der Waals surface area contributed by atoms with Crippen LogP contribution in [-0.4, -0.2) is 68.4 Å². The van der Waals surface area contributed by atoms with Gasteiger partial charge in [-0.3, -0.25) is 19.7 Å². The summed E-state index contributed by atoms with van der Waals surface area (Å²) in [7, 11) is 0. The summed E-state index contributed by atoms with van der Waals surface area (Å²) in [6.45, 7) is 1.31. The van der Waals surface area contributed by atoms with Gasteiger partial charge in [0.1, 0.15) is 18.4 Å². The highest BCUT2D eigenvalue weighted by Crippen LogP contribution is 2.70. The van der Waals surface area contributed by atoms with E-state index in [1.807, 2.05) is 0 Å². The number of halogens is 5. The molecule has 5 rings (SSSR count). The zero-order valence-electron chi connectivity index (χ0n) is 23.4. The van der Waals surface area contributed by atoms with Crippen LogP contribution in [0, 0.1) is 32.8 Å². The first-order chi connectivity index (χ1) is 20.4. The van der Waals surface area contributed by atoms with Gasteiger partial charge in [0.2, 0.25) is 5.78 Å². The summed E-state index contributed by atoms with van der Waals surface area (Å²) in [5, 5.41) is 33.4. The molecule has 1 aromatic carbocycles. The molecule has 3 saturated carbocycles. The lowest BCUT2D eigenvalue weighted by Gasteiger charge is -2.62. The molecular weight excluding hydrogens is 740 g/mol. The minimum atomic E-state index is -2.43. The monoisotopic (exact) mass is 765 g/mol. The van der Waals surface area contributed by atoms with Gasteiger partial charge in [0.15, 0.2) is 18.1 Å². The van der Waals surface area contributed by atoms with Crippen molar-refractivity contribution in [2.24, 2.45) is 22.7 Å². The Kier molecular flexibility index (Phi) is 8.44. The van der Waals surface area contributed by atoms with Crippen LogP contribution in [0.3, 0.4) is 0 Å². The number of ketones is 2. The normalized spacial score (nSPS) is 39.1. The van der Waals surface area contributed by atoms with E-state index in [4.69, 9.17) is 21.1 Å². The molecule has 1 aromatic rings. The zero-order chi connectivity index (χ0) is 32.6. The number of ether oxygens (including phenoxy) is 2. The largest absolute Gasteiger partial charge is 0.509 e. The molecule has 0 heterocycles. The fourth-order valence-corrected chi connectivity index (χ4v) is 9.51. The first kappa shape index (κ1) is 33.1. The van der Waals surface area contributed by atoms with Gasteiger partial charge in [-0.05, 0) is 77.9 Å². The molecular formula is C29H28Br2ClF2NO9. The van der Waals surface area contributed by atoms with Gasteiger partial charge in [-0.1, -0.05) is 28.9 Å². The Balaban J connectivity index is 1.35. The number of hydrogen-bond acceptors (Lipinski definition) is 9. The summed E-state index contributed by atoms with van der Waals surface area (Å²) >= 11 is 12.8. The standard InChI is InChI=1S/C29H28Br2ClF2NO9/c1-26-6-5-13(36)7-17(26)20(33)8-16-15-9-21(32)29(40,27(15,2)10-22(37)28(16,26)34)23(38)12-44-25(39)43-11-14-18(30)3-4-19(31)24(14)35(41)42/h3-7,15-16,20-22,37,40H,8-12H2,1-2H3/t15-,16-,20-,21?,22-,26-,27-,28-,29-/m0/s1. The van der Waals surface area contributed by atoms with Crippen LogP contribution >= 0.6 is 43.5 Å². The van der Waals surface area contributed by atoms with Crippen molar-refractivity contribution in [2.45, 2.75) is 68.6 Å². The number of hydrogen-bond donors (Lipinski definition) is 2. The van der Waals surface area contributed by atoms with Gasteiger partial charge in [0, 0.05) is 21.2 Å². The van der Waals surface area contributed by atoms with Crippen molar-refractivity contribution >= 4 is 66.9 Å². The maximum Gasteiger partial charge on any atom is 0.509 e. The summed E-state index contributed by atoms with van der Waals surface area (Å²) in [5.41, 5.74) is -8.43. The Labute approximate surface area is 272 Å². The number of allylic oxidation sites excluding steroid dienone is 4. The fraction of sp³-hybridized carbons (Fsp3) is 0.552. The Morgan fingerprint density at radius 3 is 2.50 bits per heavy atom. The first-order valence-electron chi connectivity index (χ1n) is 13.7. The van der Waals surface area contributed by atoms with Crippen LogP contribution in [0.4, 0.5) is 19.3 Å². The number of carbonyl (C=O) groups is 3. The summed E-state index contributed by atoms with van der Waals surface area (Å²) in [5.74, 6) is -3.56. The average Bonchev–Trinajstić information content (AvgIpc) is 3.15. The van der Waals surface area contributed by atoms with Gasteiger partial charge in [-0.15, -0.1) is 11.6 Å². The Hall–Kier alpha value is -2.26. The molecule has 0 saturated heterocycles. The molecule has 0 aromatic heterocycles. The molecule has 2 N–H and O–H groups in total. The molecule has 0 radical (unpaired) electrons. The molecule has 4 aliphatic carbocycles. The molecule has 15 heteroatoms. The third-order valence-corrected chi connectivity index (χ3v) is 12.1. The first-order valence-corrected chi connectivity index (χ1v) is 15.7. The van der Waals surface area contributed by atoms with E-state index in [0.717, 1.165) is 12.2 Å². The SMILES string of the molecule is C[C@]12C=CC(=O)C=C1[C@@H](F)C[C@H]1[C@@H]3CC(Cl)[C@](O)(C(=O)COC(=O)OCc4c(Br)ccc(Br)c4[N+](=O)[O-])[C@@]3(C)C[C@H](O)[C@@]12F. The molecule has 0 bridgehead atoms. The van der Waals surface area contributed by atoms with Gasteiger partial charge in [0.25, 0.3) is 5.69 Å². The molecule has 0 aliphatic heterocycles. The Morgan fingerprint density at radius 1 is 1.18 bits per heavy atom. The topological polar surface area (TPSA) is 153 Å². The van der Waals surface area contributed by atoms with E-state index in [-0.39, 0.29) is 32.2 Å². The highest BCUT2D eigenvalue weighted by molar-refractivity contribution is 9.11. The molecule has 0 spiro atoms. The number of nitro benzene ring substituents is 1. The predicted octanol–water partition coefficient (Wildman–Crippen LogP) is 5.61. The van der Waals surface area contributed by atoms with Crippen molar-refractivity contribution in [2.75, 3.05) is 6.61 Å². The van der Waals surface area contributed by atoms with E-state index < -0.39 is 100 Å². The lowest BCUT2D eigenvalue weighted by atomic mass is 9.44. The third kappa shape index (κ3) is 4.61. The Morgan fingerprint density at radius 2 is 1.84 bits per heavy atom. The number of nitrogens with zero attached hydrogens (tertiary/aromatic N) is 1. The highest BCUT2D eigenvalue weighted by Gasteiger charge is 2.77. The smallest absolute Gasteiger partial charge is 0.429 e. The average molecular weight is 768 g/mol. The molecule has 10 nitrogen and oxygen atoms in total. The molecule has 0 amide bonds. The highest BCUT2D eigenvalue weighted by atomic mass is 79.9. The number of aliphatic hydroxyl groups is 2. The van der Waals surface area contributed by atoms with Crippen molar-refractivity contribution in [1.29, 1.82) is 0 Å². The molecule has 9 atom stereocenters. The minimum absolute atomic E-state index is 0.0201. The van der Waals surface area contributed by atoms with E-state index in [9.17, 15) is 34.7 Å². The van der Waals surface area contributed by atoms with E-state index in [2.05, 4.69) is 31.9 Å². The summed E-state index contributed by atoms with van der Waals surface area (Å²) in [4.78, 5) is 48.7. The van der Waals surface area contributed by atoms with Crippen LogP contribution in [0.25, 0.3) is 0 Å². The fourth-order valence-electron chi connectivity index (χ4n) is 8.00. The Bertz CT molecular complexity index is 1530. The number of benzene rings is 1. The molecule has 1 unspecified atom stereocenters. The number of carbonyl (C=O) groups excluding carboxylic acids is 3. The van der Waals surface area contributed by atoms with E-state index >= 15 is 8.78 Å².